The Morgan fingerprint density at radius 2 is 2.19 bits per heavy atom. The van der Waals surface area contributed by atoms with Crippen molar-refractivity contribution in [3.05, 3.63) is 0 Å². The van der Waals surface area contributed by atoms with E-state index in [0.29, 0.717) is 11.9 Å². The second-order valence-corrected chi connectivity index (χ2v) is 5.33. The summed E-state index contributed by atoms with van der Waals surface area (Å²) < 4.78 is 0. The van der Waals surface area contributed by atoms with E-state index in [1.807, 2.05) is 11.8 Å². The Morgan fingerprint density at radius 1 is 1.38 bits per heavy atom. The maximum absolute atomic E-state index is 12.0. The molecule has 1 amide bonds. The Labute approximate surface area is 103 Å². The zero-order chi connectivity index (χ0) is 11.5. The van der Waals surface area contributed by atoms with Gasteiger partial charge in [0.2, 0.25) is 5.91 Å². The van der Waals surface area contributed by atoms with Crippen LogP contribution in [0.5, 0.6) is 0 Å². The molecule has 2 saturated heterocycles. The Balaban J connectivity index is 1.92. The lowest BCUT2D eigenvalue weighted by molar-refractivity contribution is -0.137. The van der Waals surface area contributed by atoms with Gasteiger partial charge in [-0.25, -0.2) is 0 Å². The number of hydrogen-bond donors (Lipinski definition) is 0. The molecular formula is C12H21ClN2O. The maximum atomic E-state index is 12.0. The van der Waals surface area contributed by atoms with E-state index in [-0.39, 0.29) is 11.8 Å². The van der Waals surface area contributed by atoms with E-state index < -0.39 is 0 Å². The molecule has 2 fully saturated rings. The largest absolute Gasteiger partial charge is 0.340 e. The van der Waals surface area contributed by atoms with Crippen molar-refractivity contribution in [1.29, 1.82) is 0 Å². The Kier molecular flexibility index (Phi) is 4.09. The highest BCUT2D eigenvalue weighted by Crippen LogP contribution is 2.22. The standard InChI is InChI=1S/C12H21ClN2O/c1-10(8-13)12(16)15-7-6-14-5-3-2-4-11(14)9-15/h10-11H,2-9H2,1H3. The van der Waals surface area contributed by atoms with Crippen molar-refractivity contribution >= 4 is 17.5 Å². The quantitative estimate of drug-likeness (QED) is 0.689. The average Bonchev–Trinajstić information content (AvgIpc) is 2.36. The summed E-state index contributed by atoms with van der Waals surface area (Å²) in [5.41, 5.74) is 0. The molecule has 0 aromatic carbocycles. The molecule has 16 heavy (non-hydrogen) atoms. The number of halogens is 1. The highest BCUT2D eigenvalue weighted by atomic mass is 35.5. The lowest BCUT2D eigenvalue weighted by Gasteiger charge is -2.44. The van der Waals surface area contributed by atoms with Gasteiger partial charge in [-0.05, 0) is 19.4 Å². The number of nitrogens with zero attached hydrogens (tertiary/aromatic N) is 2. The third-order valence-electron chi connectivity index (χ3n) is 3.80. The van der Waals surface area contributed by atoms with Crippen molar-refractivity contribution in [2.24, 2.45) is 5.92 Å². The van der Waals surface area contributed by atoms with E-state index in [4.69, 9.17) is 11.6 Å². The minimum atomic E-state index is -0.0307. The van der Waals surface area contributed by atoms with Crippen LogP contribution in [0, 0.1) is 5.92 Å². The zero-order valence-electron chi connectivity index (χ0n) is 9.99. The molecule has 2 unspecified atom stereocenters. The fraction of sp³-hybridized carbons (Fsp3) is 0.917. The highest BCUT2D eigenvalue weighted by molar-refractivity contribution is 6.19. The Hall–Kier alpha value is -0.280. The van der Waals surface area contributed by atoms with Crippen molar-refractivity contribution in [3.63, 3.8) is 0 Å². The predicted molar refractivity (Wildman–Crippen MR) is 65.7 cm³/mol. The van der Waals surface area contributed by atoms with Crippen LogP contribution >= 0.6 is 11.6 Å². The molecule has 2 atom stereocenters. The molecule has 0 aromatic heterocycles. The summed E-state index contributed by atoms with van der Waals surface area (Å²) in [6.45, 7) is 5.99. The fourth-order valence-corrected chi connectivity index (χ4v) is 2.87. The SMILES string of the molecule is CC(CCl)C(=O)N1CCN2CCCCC2C1. The van der Waals surface area contributed by atoms with E-state index in [9.17, 15) is 4.79 Å². The second-order valence-electron chi connectivity index (χ2n) is 5.03. The van der Waals surface area contributed by atoms with E-state index in [2.05, 4.69) is 4.90 Å². The smallest absolute Gasteiger partial charge is 0.226 e. The van der Waals surface area contributed by atoms with Crippen molar-refractivity contribution in [1.82, 2.24) is 9.80 Å². The topological polar surface area (TPSA) is 23.6 Å². The molecule has 0 spiro atoms. The van der Waals surface area contributed by atoms with Gasteiger partial charge in [-0.2, -0.15) is 0 Å². The molecule has 0 bridgehead atoms. The van der Waals surface area contributed by atoms with Gasteiger partial charge in [0.05, 0.1) is 0 Å². The number of alkyl halides is 1. The molecule has 92 valence electrons. The van der Waals surface area contributed by atoms with E-state index >= 15 is 0 Å². The van der Waals surface area contributed by atoms with Crippen LogP contribution in [0.25, 0.3) is 0 Å². The molecule has 2 aliphatic heterocycles. The first-order valence-electron chi connectivity index (χ1n) is 6.31. The molecule has 3 nitrogen and oxygen atoms in total. The van der Waals surface area contributed by atoms with Gasteiger partial charge in [0.1, 0.15) is 0 Å². The van der Waals surface area contributed by atoms with Gasteiger partial charge in [-0.15, -0.1) is 11.6 Å². The molecule has 0 N–H and O–H groups in total. The van der Waals surface area contributed by atoms with Crippen LogP contribution in [-0.4, -0.2) is 53.8 Å². The number of hydrogen-bond acceptors (Lipinski definition) is 2. The summed E-state index contributed by atoms with van der Waals surface area (Å²) in [7, 11) is 0. The number of carbonyl (C=O) groups excluding carboxylic acids is 1. The van der Waals surface area contributed by atoms with Crippen molar-refractivity contribution in [2.45, 2.75) is 32.2 Å². The predicted octanol–water partition coefficient (Wildman–Crippen LogP) is 1.56. The molecule has 0 radical (unpaired) electrons. The molecule has 0 aliphatic carbocycles. The monoisotopic (exact) mass is 244 g/mol. The number of rotatable bonds is 2. The molecular weight excluding hydrogens is 224 g/mol. The average molecular weight is 245 g/mol. The molecule has 2 heterocycles. The third-order valence-corrected chi connectivity index (χ3v) is 4.26. The van der Waals surface area contributed by atoms with Gasteiger partial charge in [0.25, 0.3) is 0 Å². The summed E-state index contributed by atoms with van der Waals surface area (Å²) in [6.07, 6.45) is 3.88. The lowest BCUT2D eigenvalue weighted by atomic mass is 9.99. The van der Waals surface area contributed by atoms with Gasteiger partial charge >= 0.3 is 0 Å². The minimum Gasteiger partial charge on any atom is -0.340 e. The number of piperidine rings is 1. The van der Waals surface area contributed by atoms with Crippen LogP contribution in [0.3, 0.4) is 0 Å². The van der Waals surface area contributed by atoms with Crippen LogP contribution in [-0.2, 0) is 4.79 Å². The van der Waals surface area contributed by atoms with Gasteiger partial charge in [-0.3, -0.25) is 9.69 Å². The summed E-state index contributed by atoms with van der Waals surface area (Å²) in [5.74, 6) is 0.640. The van der Waals surface area contributed by atoms with E-state index in [1.165, 1.54) is 25.8 Å². The first kappa shape index (κ1) is 12.2. The number of amides is 1. The maximum Gasteiger partial charge on any atom is 0.226 e. The third kappa shape index (κ3) is 2.51. The minimum absolute atomic E-state index is 0.0307. The summed E-state index contributed by atoms with van der Waals surface area (Å²) in [5, 5.41) is 0. The van der Waals surface area contributed by atoms with Crippen LogP contribution in [0.1, 0.15) is 26.2 Å². The summed E-state index contributed by atoms with van der Waals surface area (Å²) in [4.78, 5) is 16.6. The van der Waals surface area contributed by atoms with Crippen LogP contribution in [0.15, 0.2) is 0 Å². The normalized spacial score (nSPS) is 28.6. The summed E-state index contributed by atoms with van der Waals surface area (Å²) >= 11 is 5.75. The first-order valence-corrected chi connectivity index (χ1v) is 6.84. The first-order chi connectivity index (χ1) is 7.72. The molecule has 4 heteroatoms. The molecule has 0 aromatic rings. The van der Waals surface area contributed by atoms with Crippen molar-refractivity contribution in [2.75, 3.05) is 32.1 Å². The van der Waals surface area contributed by atoms with Crippen LogP contribution in [0.4, 0.5) is 0 Å². The number of piperazine rings is 1. The van der Waals surface area contributed by atoms with E-state index in [1.54, 1.807) is 0 Å². The van der Waals surface area contributed by atoms with Crippen LogP contribution < -0.4 is 0 Å². The van der Waals surface area contributed by atoms with Crippen molar-refractivity contribution < 1.29 is 4.79 Å². The van der Waals surface area contributed by atoms with Gasteiger partial charge in [-0.1, -0.05) is 13.3 Å². The number of carbonyl (C=O) groups is 1. The molecule has 2 rings (SSSR count). The fourth-order valence-electron chi connectivity index (χ4n) is 2.73. The zero-order valence-corrected chi connectivity index (χ0v) is 10.7. The molecule has 2 aliphatic rings. The van der Waals surface area contributed by atoms with Gasteiger partial charge in [0.15, 0.2) is 0 Å². The number of fused-ring (bicyclic) bond motifs is 1. The van der Waals surface area contributed by atoms with Crippen LogP contribution in [0.2, 0.25) is 0 Å². The van der Waals surface area contributed by atoms with Gasteiger partial charge < -0.3 is 4.90 Å². The summed E-state index contributed by atoms with van der Waals surface area (Å²) in [6, 6.07) is 0.606. The molecule has 0 saturated carbocycles. The Morgan fingerprint density at radius 3 is 2.94 bits per heavy atom. The van der Waals surface area contributed by atoms with E-state index in [0.717, 1.165) is 19.6 Å². The lowest BCUT2D eigenvalue weighted by Crippen LogP contribution is -2.57. The highest BCUT2D eigenvalue weighted by Gasteiger charge is 2.32. The Bertz CT molecular complexity index is 259. The second kappa shape index (κ2) is 5.37. The van der Waals surface area contributed by atoms with Gasteiger partial charge in [0, 0.05) is 37.5 Å². The van der Waals surface area contributed by atoms with Crippen molar-refractivity contribution in [3.8, 4) is 0 Å².